The number of β-amino-alcohol motifs (C(OH)–C–C–N with tert-alkyl or cyclic N) is 1. The minimum atomic E-state index is -0.879. The molecule has 1 aromatic rings. The first-order valence-corrected chi connectivity index (χ1v) is 8.27. The quantitative estimate of drug-likeness (QED) is 0.803. The van der Waals surface area contributed by atoms with Crippen molar-refractivity contribution in [3.8, 4) is 0 Å². The molecule has 0 aliphatic carbocycles. The van der Waals surface area contributed by atoms with Crippen molar-refractivity contribution in [2.45, 2.75) is 16.4 Å². The first-order valence-electron chi connectivity index (χ1n) is 5.99. The summed E-state index contributed by atoms with van der Waals surface area (Å²) >= 11 is 3.23. The van der Waals surface area contributed by atoms with Gasteiger partial charge in [-0.15, -0.1) is 23.5 Å². The van der Waals surface area contributed by atoms with Crippen molar-refractivity contribution in [3.63, 3.8) is 0 Å². The Labute approximate surface area is 121 Å². The summed E-state index contributed by atoms with van der Waals surface area (Å²) in [6, 6.07) is 8.09. The summed E-state index contributed by atoms with van der Waals surface area (Å²) in [4.78, 5) is 14.7. The summed E-state index contributed by atoms with van der Waals surface area (Å²) in [6.45, 7) is -0.149. The summed E-state index contributed by atoms with van der Waals surface area (Å²) in [7, 11) is 0. The van der Waals surface area contributed by atoms with Crippen LogP contribution in [0.25, 0.3) is 0 Å². The average Bonchev–Trinajstić information content (AvgIpc) is 2.80. The third kappa shape index (κ3) is 3.45. The third-order valence-corrected chi connectivity index (χ3v) is 4.99. The Bertz CT molecular complexity index is 438. The SMILES string of the molecule is CSc1ccc(C2SCC(=O)N2C[C@H](O)CO)cc1. The lowest BCUT2D eigenvalue weighted by Crippen LogP contribution is -2.37. The van der Waals surface area contributed by atoms with E-state index >= 15 is 0 Å². The molecular formula is C13H17NO3S2. The Morgan fingerprint density at radius 2 is 2.16 bits per heavy atom. The molecule has 0 aromatic heterocycles. The predicted molar refractivity (Wildman–Crippen MR) is 78.2 cm³/mol. The zero-order valence-corrected chi connectivity index (χ0v) is 12.3. The molecule has 6 heteroatoms. The lowest BCUT2D eigenvalue weighted by Gasteiger charge is -2.26. The van der Waals surface area contributed by atoms with Gasteiger partial charge in [0.15, 0.2) is 0 Å². The number of amides is 1. The number of aliphatic hydroxyl groups is 2. The molecule has 19 heavy (non-hydrogen) atoms. The van der Waals surface area contributed by atoms with Gasteiger partial charge >= 0.3 is 0 Å². The highest BCUT2D eigenvalue weighted by atomic mass is 32.2. The summed E-state index contributed by atoms with van der Waals surface area (Å²) in [5.74, 6) is 0.434. The van der Waals surface area contributed by atoms with Crippen molar-refractivity contribution in [2.24, 2.45) is 0 Å². The van der Waals surface area contributed by atoms with Crippen molar-refractivity contribution in [1.82, 2.24) is 4.90 Å². The molecule has 1 saturated heterocycles. The van der Waals surface area contributed by atoms with E-state index in [1.54, 1.807) is 28.4 Å². The largest absolute Gasteiger partial charge is 0.394 e. The first-order chi connectivity index (χ1) is 9.15. The molecule has 1 aliphatic rings. The Hall–Kier alpha value is -0.690. The van der Waals surface area contributed by atoms with Crippen LogP contribution in [0.4, 0.5) is 0 Å². The van der Waals surface area contributed by atoms with Crippen molar-refractivity contribution < 1.29 is 15.0 Å². The number of hydrogen-bond acceptors (Lipinski definition) is 5. The maximum Gasteiger partial charge on any atom is 0.233 e. The molecule has 0 bridgehead atoms. The van der Waals surface area contributed by atoms with Crippen LogP contribution in [0.15, 0.2) is 29.2 Å². The molecule has 0 saturated carbocycles. The Balaban J connectivity index is 2.14. The highest BCUT2D eigenvalue weighted by molar-refractivity contribution is 8.00. The normalized spacial score (nSPS) is 20.9. The standard InChI is InChI=1S/C13H17NO3S2/c1-18-11-4-2-9(3-5-11)13-14(6-10(16)7-15)12(17)8-19-13/h2-5,10,13,15-16H,6-8H2,1H3/t10-,13?/m0/s1. The maximum atomic E-state index is 11.8. The molecule has 2 atom stereocenters. The number of carbonyl (C=O) groups excluding carboxylic acids is 1. The molecule has 1 heterocycles. The Morgan fingerprint density at radius 1 is 1.47 bits per heavy atom. The molecule has 0 spiro atoms. The molecule has 2 rings (SSSR count). The molecule has 1 aliphatic heterocycles. The van der Waals surface area contributed by atoms with E-state index in [2.05, 4.69) is 0 Å². The molecule has 1 unspecified atom stereocenters. The van der Waals surface area contributed by atoms with Crippen LogP contribution in [0.5, 0.6) is 0 Å². The minimum Gasteiger partial charge on any atom is -0.394 e. The van der Waals surface area contributed by atoms with Gasteiger partial charge in [-0.1, -0.05) is 12.1 Å². The molecule has 1 aromatic carbocycles. The predicted octanol–water partition coefficient (Wildman–Crippen LogP) is 1.34. The van der Waals surface area contributed by atoms with Gasteiger partial charge < -0.3 is 15.1 Å². The molecular weight excluding hydrogens is 282 g/mol. The van der Waals surface area contributed by atoms with E-state index in [1.807, 2.05) is 30.5 Å². The summed E-state index contributed by atoms with van der Waals surface area (Å²) < 4.78 is 0. The molecule has 2 N–H and O–H groups in total. The van der Waals surface area contributed by atoms with Gasteiger partial charge in [-0.2, -0.15) is 0 Å². The fourth-order valence-corrected chi connectivity index (χ4v) is 3.59. The zero-order valence-electron chi connectivity index (χ0n) is 10.7. The van der Waals surface area contributed by atoms with Crippen LogP contribution in [0.3, 0.4) is 0 Å². The number of nitrogens with zero attached hydrogens (tertiary/aromatic N) is 1. The molecule has 0 radical (unpaired) electrons. The number of thioether (sulfide) groups is 2. The van der Waals surface area contributed by atoms with E-state index in [0.717, 1.165) is 5.56 Å². The number of rotatable bonds is 5. The second-order valence-electron chi connectivity index (χ2n) is 4.32. The number of hydrogen-bond donors (Lipinski definition) is 2. The van der Waals surface area contributed by atoms with E-state index in [4.69, 9.17) is 5.11 Å². The molecule has 104 valence electrons. The van der Waals surface area contributed by atoms with Gasteiger partial charge in [-0.3, -0.25) is 4.79 Å². The summed E-state index contributed by atoms with van der Waals surface area (Å²) in [5, 5.41) is 18.4. The van der Waals surface area contributed by atoms with Crippen molar-refractivity contribution >= 4 is 29.4 Å². The Kier molecular flexibility index (Phi) is 5.15. The number of carbonyl (C=O) groups is 1. The van der Waals surface area contributed by atoms with Crippen LogP contribution >= 0.6 is 23.5 Å². The van der Waals surface area contributed by atoms with Gasteiger partial charge in [0.1, 0.15) is 5.37 Å². The fraction of sp³-hybridized carbons (Fsp3) is 0.462. The lowest BCUT2D eigenvalue weighted by atomic mass is 10.2. The van der Waals surface area contributed by atoms with Crippen molar-refractivity contribution in [1.29, 1.82) is 0 Å². The second-order valence-corrected chi connectivity index (χ2v) is 6.27. The van der Waals surface area contributed by atoms with Crippen molar-refractivity contribution in [3.05, 3.63) is 29.8 Å². The monoisotopic (exact) mass is 299 g/mol. The van der Waals surface area contributed by atoms with E-state index < -0.39 is 6.10 Å². The van der Waals surface area contributed by atoms with Crippen LogP contribution in [0, 0.1) is 0 Å². The van der Waals surface area contributed by atoms with Gasteiger partial charge in [0, 0.05) is 4.90 Å². The van der Waals surface area contributed by atoms with Gasteiger partial charge in [0.25, 0.3) is 0 Å². The van der Waals surface area contributed by atoms with Gasteiger partial charge in [-0.25, -0.2) is 0 Å². The zero-order chi connectivity index (χ0) is 13.8. The van der Waals surface area contributed by atoms with Gasteiger partial charge in [0.05, 0.1) is 25.0 Å². The van der Waals surface area contributed by atoms with E-state index in [-0.39, 0.29) is 24.4 Å². The minimum absolute atomic E-state index is 0.0106. The van der Waals surface area contributed by atoms with Crippen LogP contribution in [0.1, 0.15) is 10.9 Å². The fourth-order valence-electron chi connectivity index (χ4n) is 1.98. The Morgan fingerprint density at radius 3 is 2.74 bits per heavy atom. The topological polar surface area (TPSA) is 60.8 Å². The van der Waals surface area contributed by atoms with Crippen LogP contribution in [-0.4, -0.2) is 52.3 Å². The number of benzene rings is 1. The smallest absolute Gasteiger partial charge is 0.233 e. The lowest BCUT2D eigenvalue weighted by molar-refractivity contribution is -0.129. The van der Waals surface area contributed by atoms with E-state index in [1.165, 1.54) is 4.90 Å². The van der Waals surface area contributed by atoms with Crippen LogP contribution < -0.4 is 0 Å². The van der Waals surface area contributed by atoms with E-state index in [9.17, 15) is 9.90 Å². The first kappa shape index (κ1) is 14.7. The highest BCUT2D eigenvalue weighted by Crippen LogP contribution is 2.38. The van der Waals surface area contributed by atoms with Gasteiger partial charge in [-0.05, 0) is 24.0 Å². The highest BCUT2D eigenvalue weighted by Gasteiger charge is 2.33. The third-order valence-electron chi connectivity index (χ3n) is 2.99. The second kappa shape index (κ2) is 6.65. The van der Waals surface area contributed by atoms with Crippen LogP contribution in [-0.2, 0) is 4.79 Å². The number of aliphatic hydroxyl groups excluding tert-OH is 2. The summed E-state index contributed by atoms with van der Waals surface area (Å²) in [6.07, 6.45) is 1.14. The van der Waals surface area contributed by atoms with Crippen molar-refractivity contribution in [2.75, 3.05) is 25.2 Å². The van der Waals surface area contributed by atoms with Gasteiger partial charge in [0.2, 0.25) is 5.91 Å². The average molecular weight is 299 g/mol. The maximum absolute atomic E-state index is 11.8. The van der Waals surface area contributed by atoms with Crippen LogP contribution in [0.2, 0.25) is 0 Å². The van der Waals surface area contributed by atoms with E-state index in [0.29, 0.717) is 5.75 Å². The summed E-state index contributed by atoms with van der Waals surface area (Å²) in [5.41, 5.74) is 1.05. The molecule has 1 fully saturated rings. The molecule has 1 amide bonds. The molecule has 4 nitrogen and oxygen atoms in total.